The van der Waals surface area contributed by atoms with Gasteiger partial charge in [-0.3, -0.25) is 10.0 Å². The van der Waals surface area contributed by atoms with Crippen LogP contribution in [0.15, 0.2) is 48.8 Å². The lowest BCUT2D eigenvalue weighted by molar-refractivity contribution is 0.0695. The maximum atomic E-state index is 13.4. The van der Waals surface area contributed by atoms with Crippen molar-refractivity contribution in [2.75, 3.05) is 5.17 Å². The molecule has 4 N–H and O–H groups in total. The first-order valence-corrected chi connectivity index (χ1v) is 9.65. The molecule has 0 saturated carbocycles. The highest BCUT2D eigenvalue weighted by molar-refractivity contribution is 5.92. The molecular formula is C22H22FN5O4. The molecule has 3 rings (SSSR count). The number of hydrogen-bond donors (Lipinski definition) is 4. The molecule has 0 fully saturated rings. The van der Waals surface area contributed by atoms with Gasteiger partial charge in [-0.1, -0.05) is 24.3 Å². The molecule has 0 saturated heterocycles. The standard InChI is InChI=1S/C22H22FN5O4/c1-13-7-16(3-5-17(13)22(30)31)11-27-28(32)20-9-19(25-12-26-20)21(29)24-10-15-4-6-18(23)14(2)8-15/h3-9,12,27,32H,10-11H2,1-2H3,(H,24,29)(H,30,31). The lowest BCUT2D eigenvalue weighted by Gasteiger charge is -2.17. The second kappa shape index (κ2) is 9.94. The average molecular weight is 439 g/mol. The highest BCUT2D eigenvalue weighted by atomic mass is 19.1. The van der Waals surface area contributed by atoms with Crippen LogP contribution in [0.2, 0.25) is 0 Å². The molecule has 32 heavy (non-hydrogen) atoms. The summed E-state index contributed by atoms with van der Waals surface area (Å²) in [4.78, 5) is 31.4. The van der Waals surface area contributed by atoms with Gasteiger partial charge in [-0.25, -0.2) is 24.6 Å². The maximum Gasteiger partial charge on any atom is 0.335 e. The van der Waals surface area contributed by atoms with Crippen LogP contribution >= 0.6 is 0 Å². The Kier molecular flexibility index (Phi) is 7.08. The fraction of sp³-hybridized carbons (Fsp3) is 0.182. The molecule has 0 atom stereocenters. The number of carbonyl (C=O) groups is 2. The summed E-state index contributed by atoms with van der Waals surface area (Å²) in [5.74, 6) is -1.76. The number of aromatic carboxylic acids is 1. The van der Waals surface area contributed by atoms with E-state index in [1.54, 1.807) is 38.1 Å². The highest BCUT2D eigenvalue weighted by Crippen LogP contribution is 2.13. The minimum Gasteiger partial charge on any atom is -0.478 e. The van der Waals surface area contributed by atoms with Crippen molar-refractivity contribution in [3.63, 3.8) is 0 Å². The Morgan fingerprint density at radius 1 is 1.00 bits per heavy atom. The summed E-state index contributed by atoms with van der Waals surface area (Å²) in [7, 11) is 0. The van der Waals surface area contributed by atoms with Crippen molar-refractivity contribution in [3.8, 4) is 0 Å². The molecule has 0 spiro atoms. The first-order valence-electron chi connectivity index (χ1n) is 9.65. The van der Waals surface area contributed by atoms with E-state index in [0.717, 1.165) is 17.5 Å². The molecule has 1 heterocycles. The van der Waals surface area contributed by atoms with Crippen molar-refractivity contribution < 1.29 is 24.3 Å². The van der Waals surface area contributed by atoms with Crippen LogP contribution in [-0.2, 0) is 13.1 Å². The number of amides is 1. The number of carboxylic acid groups (broad SMARTS) is 1. The summed E-state index contributed by atoms with van der Waals surface area (Å²) >= 11 is 0. The molecule has 0 unspecified atom stereocenters. The SMILES string of the molecule is Cc1cc(CNC(=O)c2cc(N(O)NCc3ccc(C(=O)O)c(C)c3)ncn2)ccc1F. The number of rotatable bonds is 8. The van der Waals surface area contributed by atoms with Gasteiger partial charge in [0.1, 0.15) is 17.8 Å². The van der Waals surface area contributed by atoms with Crippen molar-refractivity contribution in [1.29, 1.82) is 0 Å². The molecule has 3 aromatic rings. The van der Waals surface area contributed by atoms with E-state index in [1.165, 1.54) is 18.2 Å². The number of nitrogens with zero attached hydrogens (tertiary/aromatic N) is 3. The van der Waals surface area contributed by atoms with E-state index >= 15 is 0 Å². The zero-order valence-corrected chi connectivity index (χ0v) is 17.5. The fourth-order valence-corrected chi connectivity index (χ4v) is 3.00. The van der Waals surface area contributed by atoms with Crippen molar-refractivity contribution in [2.45, 2.75) is 26.9 Å². The summed E-state index contributed by atoms with van der Waals surface area (Å²) in [6.45, 7) is 3.70. The molecule has 0 aliphatic heterocycles. The average Bonchev–Trinajstić information content (AvgIpc) is 2.78. The van der Waals surface area contributed by atoms with Crippen LogP contribution in [0.3, 0.4) is 0 Å². The second-order valence-electron chi connectivity index (χ2n) is 7.13. The zero-order chi connectivity index (χ0) is 23.3. The van der Waals surface area contributed by atoms with E-state index in [4.69, 9.17) is 5.11 Å². The van der Waals surface area contributed by atoms with Crippen LogP contribution < -0.4 is 15.9 Å². The Bertz CT molecular complexity index is 1150. The number of anilines is 1. The van der Waals surface area contributed by atoms with Gasteiger partial charge in [0.05, 0.1) is 5.56 Å². The summed E-state index contributed by atoms with van der Waals surface area (Å²) in [6.07, 6.45) is 1.14. The van der Waals surface area contributed by atoms with Crippen LogP contribution in [0.1, 0.15) is 43.1 Å². The molecule has 9 nitrogen and oxygen atoms in total. The molecule has 1 amide bonds. The molecule has 10 heteroatoms. The Morgan fingerprint density at radius 3 is 2.38 bits per heavy atom. The monoisotopic (exact) mass is 439 g/mol. The number of nitrogens with one attached hydrogen (secondary N) is 2. The Morgan fingerprint density at radius 2 is 1.69 bits per heavy atom. The highest BCUT2D eigenvalue weighted by Gasteiger charge is 2.13. The largest absolute Gasteiger partial charge is 0.478 e. The number of aryl methyl sites for hydroxylation is 2. The maximum absolute atomic E-state index is 13.4. The van der Waals surface area contributed by atoms with Crippen LogP contribution in [-0.4, -0.2) is 32.2 Å². The van der Waals surface area contributed by atoms with Crippen LogP contribution in [0.5, 0.6) is 0 Å². The number of benzene rings is 2. The van der Waals surface area contributed by atoms with Gasteiger partial charge < -0.3 is 10.4 Å². The van der Waals surface area contributed by atoms with E-state index in [2.05, 4.69) is 20.7 Å². The van der Waals surface area contributed by atoms with E-state index < -0.39 is 11.9 Å². The predicted molar refractivity (Wildman–Crippen MR) is 114 cm³/mol. The normalized spacial score (nSPS) is 10.6. The van der Waals surface area contributed by atoms with Gasteiger partial charge in [-0.05, 0) is 48.2 Å². The number of halogens is 1. The van der Waals surface area contributed by atoms with E-state index in [0.29, 0.717) is 16.3 Å². The number of hydrazine groups is 1. The Balaban J connectivity index is 1.60. The third-order valence-corrected chi connectivity index (χ3v) is 4.73. The lowest BCUT2D eigenvalue weighted by Crippen LogP contribution is -2.35. The van der Waals surface area contributed by atoms with E-state index in [1.807, 2.05) is 0 Å². The fourth-order valence-electron chi connectivity index (χ4n) is 3.00. The quantitative estimate of drug-likeness (QED) is 0.395. The van der Waals surface area contributed by atoms with Gasteiger partial charge in [0.15, 0.2) is 5.82 Å². The van der Waals surface area contributed by atoms with Gasteiger partial charge in [0.25, 0.3) is 5.91 Å². The summed E-state index contributed by atoms with van der Waals surface area (Å²) in [5, 5.41) is 22.7. The van der Waals surface area contributed by atoms with Gasteiger partial charge in [0, 0.05) is 19.2 Å². The van der Waals surface area contributed by atoms with Gasteiger partial charge in [-0.15, -0.1) is 0 Å². The minimum atomic E-state index is -1.01. The first-order chi connectivity index (χ1) is 15.2. The topological polar surface area (TPSA) is 128 Å². The molecule has 0 bridgehead atoms. The van der Waals surface area contributed by atoms with Crippen LogP contribution in [0, 0.1) is 19.7 Å². The number of carboxylic acids is 1. The molecule has 166 valence electrons. The number of hydrogen-bond acceptors (Lipinski definition) is 7. The summed E-state index contributed by atoms with van der Waals surface area (Å²) in [5.41, 5.74) is 5.51. The van der Waals surface area contributed by atoms with Gasteiger partial charge >= 0.3 is 5.97 Å². The van der Waals surface area contributed by atoms with Crippen molar-refractivity contribution in [3.05, 3.63) is 88.1 Å². The molecule has 0 aliphatic carbocycles. The molecule has 0 aliphatic rings. The number of carbonyl (C=O) groups excluding carboxylic acids is 1. The zero-order valence-electron chi connectivity index (χ0n) is 17.5. The van der Waals surface area contributed by atoms with E-state index in [-0.39, 0.29) is 36.0 Å². The van der Waals surface area contributed by atoms with E-state index in [9.17, 15) is 19.2 Å². The third-order valence-electron chi connectivity index (χ3n) is 4.73. The van der Waals surface area contributed by atoms with Crippen LogP contribution in [0.25, 0.3) is 0 Å². The first kappa shape index (κ1) is 22.8. The van der Waals surface area contributed by atoms with Gasteiger partial charge in [0.2, 0.25) is 0 Å². The Labute approximate surface area is 183 Å². The molecular weight excluding hydrogens is 417 g/mol. The van der Waals surface area contributed by atoms with Crippen molar-refractivity contribution >= 4 is 17.7 Å². The third kappa shape index (κ3) is 5.62. The summed E-state index contributed by atoms with van der Waals surface area (Å²) in [6, 6.07) is 10.7. The summed E-state index contributed by atoms with van der Waals surface area (Å²) < 4.78 is 13.4. The lowest BCUT2D eigenvalue weighted by atomic mass is 10.1. The van der Waals surface area contributed by atoms with Gasteiger partial charge in [-0.2, -0.15) is 5.17 Å². The Hall–Kier alpha value is -3.89. The second-order valence-corrected chi connectivity index (χ2v) is 7.13. The van der Waals surface area contributed by atoms with Crippen molar-refractivity contribution in [2.24, 2.45) is 0 Å². The minimum absolute atomic E-state index is 0.0383. The molecule has 1 aromatic heterocycles. The van der Waals surface area contributed by atoms with Crippen LogP contribution in [0.4, 0.5) is 10.2 Å². The van der Waals surface area contributed by atoms with Crippen molar-refractivity contribution in [1.82, 2.24) is 20.7 Å². The number of aromatic nitrogens is 2. The predicted octanol–water partition coefficient (Wildman–Crippen LogP) is 2.76. The smallest absolute Gasteiger partial charge is 0.335 e. The molecule has 0 radical (unpaired) electrons. The molecule has 2 aromatic carbocycles.